The van der Waals surface area contributed by atoms with Crippen LogP contribution in [0.1, 0.15) is 43.7 Å². The molecule has 0 bridgehead atoms. The molecule has 2 aromatic heterocycles. The minimum absolute atomic E-state index is 0.0514. The average Bonchev–Trinajstić information content (AvgIpc) is 3.01. The van der Waals surface area contributed by atoms with Crippen molar-refractivity contribution < 1.29 is 4.79 Å². The maximum atomic E-state index is 11.4. The first kappa shape index (κ1) is 16.5. The molecule has 0 saturated heterocycles. The average molecular weight is 319 g/mol. The van der Waals surface area contributed by atoms with E-state index < -0.39 is 0 Å². The van der Waals surface area contributed by atoms with Crippen molar-refractivity contribution in [3.8, 4) is 10.6 Å². The van der Waals surface area contributed by atoms with Gasteiger partial charge in [-0.2, -0.15) is 0 Å². The molecule has 7 heteroatoms. The first-order valence-corrected chi connectivity index (χ1v) is 8.23. The second-order valence-electron chi connectivity index (χ2n) is 5.07. The molecular weight excluding hydrogens is 298 g/mol. The van der Waals surface area contributed by atoms with Crippen LogP contribution >= 0.6 is 11.3 Å². The number of hydrogen-bond donors (Lipinski definition) is 2. The lowest BCUT2D eigenvalue weighted by molar-refractivity contribution is -0.119. The molecule has 2 rings (SSSR count). The van der Waals surface area contributed by atoms with Gasteiger partial charge in [0.15, 0.2) is 0 Å². The molecule has 6 nitrogen and oxygen atoms in total. The summed E-state index contributed by atoms with van der Waals surface area (Å²) in [4.78, 5) is 15.4. The molecule has 0 spiro atoms. The molecule has 0 unspecified atom stereocenters. The number of nitrogens with one attached hydrogen (secondary N) is 1. The van der Waals surface area contributed by atoms with E-state index in [9.17, 15) is 4.79 Å². The predicted molar refractivity (Wildman–Crippen MR) is 87.2 cm³/mol. The third kappa shape index (κ3) is 4.85. The summed E-state index contributed by atoms with van der Waals surface area (Å²) in [6.45, 7) is 2.23. The summed E-state index contributed by atoms with van der Waals surface area (Å²) < 4.78 is 0. The van der Waals surface area contributed by atoms with E-state index >= 15 is 0 Å². The van der Waals surface area contributed by atoms with Crippen LogP contribution in [0.4, 0.5) is 0 Å². The van der Waals surface area contributed by atoms with Gasteiger partial charge >= 0.3 is 0 Å². The first-order chi connectivity index (χ1) is 10.7. The molecule has 0 aromatic carbocycles. The summed E-state index contributed by atoms with van der Waals surface area (Å²) in [5.74, 6) is -0.0514. The second-order valence-corrected chi connectivity index (χ2v) is 6.08. The van der Waals surface area contributed by atoms with Gasteiger partial charge in [-0.1, -0.05) is 24.2 Å². The van der Waals surface area contributed by atoms with Crippen molar-refractivity contribution in [2.75, 3.05) is 6.54 Å². The number of amides is 1. The van der Waals surface area contributed by atoms with Crippen molar-refractivity contribution in [3.63, 3.8) is 0 Å². The van der Waals surface area contributed by atoms with E-state index in [-0.39, 0.29) is 11.9 Å². The molecule has 1 amide bonds. The molecule has 22 heavy (non-hydrogen) atoms. The highest BCUT2D eigenvalue weighted by Gasteiger charge is 2.18. The smallest absolute Gasteiger partial charge is 0.217 e. The van der Waals surface area contributed by atoms with Crippen LogP contribution in [-0.4, -0.2) is 27.6 Å². The van der Waals surface area contributed by atoms with Gasteiger partial charge in [0, 0.05) is 24.9 Å². The van der Waals surface area contributed by atoms with Crippen LogP contribution < -0.4 is 11.1 Å². The van der Waals surface area contributed by atoms with E-state index in [0.29, 0.717) is 6.54 Å². The Hall–Kier alpha value is -1.86. The quantitative estimate of drug-likeness (QED) is 0.728. The predicted octanol–water partition coefficient (Wildman–Crippen LogP) is 2.30. The Labute approximate surface area is 134 Å². The molecule has 1 atom stereocenters. The van der Waals surface area contributed by atoms with Gasteiger partial charge in [0.1, 0.15) is 10.0 Å². The minimum Gasteiger partial charge on any atom is -0.347 e. The summed E-state index contributed by atoms with van der Waals surface area (Å²) in [5, 5.41) is 13.1. The number of pyridine rings is 1. The van der Waals surface area contributed by atoms with Gasteiger partial charge < -0.3 is 11.1 Å². The summed E-state index contributed by atoms with van der Waals surface area (Å²) in [6, 6.07) is 3.72. The summed E-state index contributed by atoms with van der Waals surface area (Å²) in [6.07, 6.45) is 7.38. The highest BCUT2D eigenvalue weighted by Crippen LogP contribution is 2.28. The van der Waals surface area contributed by atoms with Crippen LogP contribution in [0.3, 0.4) is 0 Å². The van der Waals surface area contributed by atoms with Gasteiger partial charge in [0.05, 0.1) is 6.04 Å². The third-order valence-corrected chi connectivity index (χ3v) is 4.33. The highest BCUT2D eigenvalue weighted by atomic mass is 32.1. The monoisotopic (exact) mass is 319 g/mol. The Balaban J connectivity index is 2.07. The lowest BCUT2D eigenvalue weighted by Crippen LogP contribution is -2.26. The van der Waals surface area contributed by atoms with Crippen LogP contribution in [0, 0.1) is 0 Å². The SMILES string of the molecule is CC(=O)N[C@@H](CCCCCN)c1nnc(-c2ccncc2)s1. The van der Waals surface area contributed by atoms with E-state index in [0.717, 1.165) is 41.3 Å². The fourth-order valence-corrected chi connectivity index (χ4v) is 3.09. The van der Waals surface area contributed by atoms with Crippen LogP contribution in [0.25, 0.3) is 10.6 Å². The molecule has 3 N–H and O–H groups in total. The maximum Gasteiger partial charge on any atom is 0.217 e. The van der Waals surface area contributed by atoms with Crippen molar-refractivity contribution in [1.29, 1.82) is 0 Å². The molecule has 0 radical (unpaired) electrons. The molecule has 0 aliphatic heterocycles. The minimum atomic E-state index is -0.0802. The van der Waals surface area contributed by atoms with Gasteiger partial charge in [-0.3, -0.25) is 9.78 Å². The first-order valence-electron chi connectivity index (χ1n) is 7.41. The number of nitrogens with two attached hydrogens (primary N) is 1. The molecule has 2 heterocycles. The lowest BCUT2D eigenvalue weighted by Gasteiger charge is -2.14. The maximum absolute atomic E-state index is 11.4. The van der Waals surface area contributed by atoms with E-state index in [1.807, 2.05) is 12.1 Å². The van der Waals surface area contributed by atoms with Gasteiger partial charge in [-0.25, -0.2) is 0 Å². The van der Waals surface area contributed by atoms with Crippen LogP contribution in [0.2, 0.25) is 0 Å². The number of nitrogens with zero attached hydrogens (tertiary/aromatic N) is 3. The molecule has 118 valence electrons. The van der Waals surface area contributed by atoms with Crippen molar-refractivity contribution in [2.45, 2.75) is 38.6 Å². The van der Waals surface area contributed by atoms with Crippen molar-refractivity contribution >= 4 is 17.2 Å². The van der Waals surface area contributed by atoms with Gasteiger partial charge in [-0.15, -0.1) is 10.2 Å². The zero-order valence-corrected chi connectivity index (χ0v) is 13.5. The fourth-order valence-electron chi connectivity index (χ4n) is 2.16. The molecule has 2 aromatic rings. The van der Waals surface area contributed by atoms with Crippen molar-refractivity contribution in [3.05, 3.63) is 29.5 Å². The van der Waals surface area contributed by atoms with Gasteiger partial charge in [0.2, 0.25) is 5.91 Å². The lowest BCUT2D eigenvalue weighted by atomic mass is 10.1. The Kier molecular flexibility index (Phi) is 6.42. The van der Waals surface area contributed by atoms with Gasteiger partial charge in [0.25, 0.3) is 0 Å². The van der Waals surface area contributed by atoms with Crippen LogP contribution in [-0.2, 0) is 4.79 Å². The third-order valence-electron chi connectivity index (χ3n) is 3.24. The van der Waals surface area contributed by atoms with Crippen molar-refractivity contribution in [2.24, 2.45) is 5.73 Å². The fraction of sp³-hybridized carbons (Fsp3) is 0.467. The molecule has 0 aliphatic carbocycles. The normalized spacial score (nSPS) is 12.1. The Morgan fingerprint density at radius 3 is 2.73 bits per heavy atom. The largest absolute Gasteiger partial charge is 0.347 e. The standard InChI is InChI=1S/C15H21N5OS/c1-11(21)18-13(5-3-2-4-8-16)15-20-19-14(22-15)12-6-9-17-10-7-12/h6-7,9-10,13H,2-5,8,16H2,1H3,(H,18,21)/t13-/m0/s1. The number of aromatic nitrogens is 3. The van der Waals surface area contributed by atoms with Crippen LogP contribution in [0.15, 0.2) is 24.5 Å². The number of hydrogen-bond acceptors (Lipinski definition) is 6. The topological polar surface area (TPSA) is 93.8 Å². The Bertz CT molecular complexity index is 587. The number of carbonyl (C=O) groups excluding carboxylic acids is 1. The summed E-state index contributed by atoms with van der Waals surface area (Å²) in [7, 11) is 0. The molecule has 0 aliphatic rings. The summed E-state index contributed by atoms with van der Waals surface area (Å²) in [5.41, 5.74) is 6.50. The number of carbonyl (C=O) groups is 1. The Morgan fingerprint density at radius 2 is 2.05 bits per heavy atom. The second kappa shape index (κ2) is 8.55. The number of rotatable bonds is 8. The zero-order valence-electron chi connectivity index (χ0n) is 12.7. The molecule has 0 saturated carbocycles. The van der Waals surface area contributed by atoms with E-state index in [4.69, 9.17) is 5.73 Å². The summed E-state index contributed by atoms with van der Waals surface area (Å²) >= 11 is 1.51. The van der Waals surface area contributed by atoms with E-state index in [1.165, 1.54) is 18.3 Å². The van der Waals surface area contributed by atoms with E-state index in [1.54, 1.807) is 12.4 Å². The van der Waals surface area contributed by atoms with E-state index in [2.05, 4.69) is 20.5 Å². The molecule has 0 fully saturated rings. The Morgan fingerprint density at radius 1 is 1.27 bits per heavy atom. The van der Waals surface area contributed by atoms with Crippen molar-refractivity contribution in [1.82, 2.24) is 20.5 Å². The highest BCUT2D eigenvalue weighted by molar-refractivity contribution is 7.14. The number of unbranched alkanes of at least 4 members (excludes halogenated alkanes) is 2. The molecular formula is C15H21N5OS. The zero-order chi connectivity index (χ0) is 15.8. The van der Waals surface area contributed by atoms with Crippen LogP contribution in [0.5, 0.6) is 0 Å². The van der Waals surface area contributed by atoms with Gasteiger partial charge in [-0.05, 0) is 31.5 Å².